The van der Waals surface area contributed by atoms with Crippen molar-refractivity contribution in [1.82, 2.24) is 14.9 Å². The summed E-state index contributed by atoms with van der Waals surface area (Å²) in [6.07, 6.45) is 3.88. The number of aliphatic hydroxyl groups excluding tert-OH is 1. The standard InChI is InChI=1S/C19H24N4O/c1-14-8-9-23(12-16-6-4-3-5-7-16)13-17(14)18-10-21-19(11-20-18)22-15(2)24/h3-7,10-11,15,24H,8-9,12-13H2,1-2H3,(H,21,22). The minimum Gasteiger partial charge on any atom is -0.374 e. The molecule has 1 unspecified atom stereocenters. The van der Waals surface area contributed by atoms with Crippen LogP contribution in [0.15, 0.2) is 48.3 Å². The Hall–Kier alpha value is -2.24. The molecule has 0 saturated carbocycles. The lowest BCUT2D eigenvalue weighted by atomic mass is 9.98. The summed E-state index contributed by atoms with van der Waals surface area (Å²) in [6.45, 7) is 6.74. The van der Waals surface area contributed by atoms with Crippen LogP contribution in [0, 0.1) is 0 Å². The van der Waals surface area contributed by atoms with Gasteiger partial charge in [0.05, 0.1) is 18.1 Å². The zero-order valence-corrected chi connectivity index (χ0v) is 14.2. The van der Waals surface area contributed by atoms with Crippen molar-refractivity contribution in [3.05, 3.63) is 59.6 Å². The number of nitrogens with one attached hydrogen (secondary N) is 1. The van der Waals surface area contributed by atoms with E-state index in [-0.39, 0.29) is 0 Å². The van der Waals surface area contributed by atoms with Crippen LogP contribution in [0.1, 0.15) is 31.5 Å². The Balaban J connectivity index is 1.72. The monoisotopic (exact) mass is 324 g/mol. The molecule has 0 bridgehead atoms. The summed E-state index contributed by atoms with van der Waals surface area (Å²) in [4.78, 5) is 11.3. The van der Waals surface area contributed by atoms with E-state index < -0.39 is 6.23 Å². The maximum Gasteiger partial charge on any atom is 0.146 e. The summed E-state index contributed by atoms with van der Waals surface area (Å²) < 4.78 is 0. The van der Waals surface area contributed by atoms with Crippen LogP contribution in [0.4, 0.5) is 5.82 Å². The highest BCUT2D eigenvalue weighted by atomic mass is 16.3. The van der Waals surface area contributed by atoms with Crippen molar-refractivity contribution in [1.29, 1.82) is 0 Å². The summed E-state index contributed by atoms with van der Waals surface area (Å²) >= 11 is 0. The normalized spacial score (nSPS) is 17.0. The van der Waals surface area contributed by atoms with Gasteiger partial charge < -0.3 is 10.4 Å². The SMILES string of the molecule is CC1=C(c2cnc(NC(C)O)cn2)CN(Cc2ccccc2)CC1. The van der Waals surface area contributed by atoms with E-state index in [0.29, 0.717) is 5.82 Å². The van der Waals surface area contributed by atoms with Crippen molar-refractivity contribution in [2.24, 2.45) is 0 Å². The lowest BCUT2D eigenvalue weighted by Gasteiger charge is -2.29. The van der Waals surface area contributed by atoms with Gasteiger partial charge in [0.1, 0.15) is 12.0 Å². The first-order chi connectivity index (χ1) is 11.6. The largest absolute Gasteiger partial charge is 0.374 e. The molecule has 1 aliphatic heterocycles. The minimum atomic E-state index is -0.637. The van der Waals surface area contributed by atoms with Crippen LogP contribution in [0.3, 0.4) is 0 Å². The molecule has 2 heterocycles. The molecule has 1 aliphatic rings. The Morgan fingerprint density at radius 3 is 2.67 bits per heavy atom. The van der Waals surface area contributed by atoms with Crippen LogP contribution in [-0.4, -0.2) is 39.3 Å². The molecule has 0 amide bonds. The summed E-state index contributed by atoms with van der Waals surface area (Å²) in [5.74, 6) is 0.587. The van der Waals surface area contributed by atoms with Gasteiger partial charge in [-0.25, -0.2) is 4.98 Å². The average Bonchev–Trinajstić information content (AvgIpc) is 2.58. The second kappa shape index (κ2) is 7.55. The lowest BCUT2D eigenvalue weighted by molar-refractivity contribution is 0.224. The molecule has 5 heteroatoms. The molecule has 0 radical (unpaired) electrons. The van der Waals surface area contributed by atoms with Crippen LogP contribution in [0.5, 0.6) is 0 Å². The third-order valence-electron chi connectivity index (χ3n) is 4.27. The maximum atomic E-state index is 9.35. The molecule has 1 atom stereocenters. The van der Waals surface area contributed by atoms with E-state index in [1.165, 1.54) is 16.7 Å². The molecular weight excluding hydrogens is 300 g/mol. The predicted molar refractivity (Wildman–Crippen MR) is 96.3 cm³/mol. The number of rotatable bonds is 5. The van der Waals surface area contributed by atoms with Crippen molar-refractivity contribution in [2.75, 3.05) is 18.4 Å². The maximum absolute atomic E-state index is 9.35. The summed E-state index contributed by atoms with van der Waals surface area (Å²) in [5.41, 5.74) is 4.89. The van der Waals surface area contributed by atoms with Crippen LogP contribution >= 0.6 is 0 Å². The third kappa shape index (κ3) is 4.19. The van der Waals surface area contributed by atoms with Crippen molar-refractivity contribution in [3.63, 3.8) is 0 Å². The Bertz CT molecular complexity index is 695. The lowest BCUT2D eigenvalue weighted by Crippen LogP contribution is -2.30. The summed E-state index contributed by atoms with van der Waals surface area (Å²) in [7, 11) is 0. The van der Waals surface area contributed by atoms with Gasteiger partial charge in [0, 0.05) is 19.6 Å². The molecule has 24 heavy (non-hydrogen) atoms. The van der Waals surface area contributed by atoms with Crippen LogP contribution in [0.25, 0.3) is 5.57 Å². The number of aliphatic hydroxyl groups is 1. The molecule has 0 spiro atoms. The molecule has 1 aromatic carbocycles. The highest BCUT2D eigenvalue weighted by Gasteiger charge is 2.19. The molecular formula is C19H24N4O. The zero-order chi connectivity index (χ0) is 16.9. The van der Waals surface area contributed by atoms with Crippen LogP contribution < -0.4 is 5.32 Å². The van der Waals surface area contributed by atoms with Crippen molar-refractivity contribution < 1.29 is 5.11 Å². The fourth-order valence-corrected chi connectivity index (χ4v) is 2.96. The molecule has 3 rings (SSSR count). The molecule has 126 valence electrons. The molecule has 0 saturated heterocycles. The Morgan fingerprint density at radius 1 is 1.21 bits per heavy atom. The topological polar surface area (TPSA) is 61.3 Å². The number of hydrogen-bond donors (Lipinski definition) is 2. The van der Waals surface area contributed by atoms with Gasteiger partial charge in [-0.15, -0.1) is 0 Å². The second-order valence-corrected chi connectivity index (χ2v) is 6.31. The van der Waals surface area contributed by atoms with E-state index in [9.17, 15) is 5.11 Å². The Kier molecular flexibility index (Phi) is 5.23. The van der Waals surface area contributed by atoms with E-state index >= 15 is 0 Å². The first kappa shape index (κ1) is 16.6. The minimum absolute atomic E-state index is 0.587. The van der Waals surface area contributed by atoms with E-state index in [1.54, 1.807) is 19.3 Å². The molecule has 5 nitrogen and oxygen atoms in total. The fraction of sp³-hybridized carbons (Fsp3) is 0.368. The molecule has 1 aromatic heterocycles. The van der Waals surface area contributed by atoms with E-state index in [4.69, 9.17) is 0 Å². The highest BCUT2D eigenvalue weighted by Crippen LogP contribution is 2.26. The third-order valence-corrected chi connectivity index (χ3v) is 4.27. The summed E-state index contributed by atoms with van der Waals surface area (Å²) in [5, 5.41) is 12.2. The second-order valence-electron chi connectivity index (χ2n) is 6.31. The van der Waals surface area contributed by atoms with Gasteiger partial charge in [0.15, 0.2) is 0 Å². The quantitative estimate of drug-likeness (QED) is 0.828. The molecule has 0 fully saturated rings. The smallest absolute Gasteiger partial charge is 0.146 e. The van der Waals surface area contributed by atoms with Crippen molar-refractivity contribution in [3.8, 4) is 0 Å². The van der Waals surface area contributed by atoms with Gasteiger partial charge in [-0.3, -0.25) is 9.88 Å². The van der Waals surface area contributed by atoms with Crippen molar-refractivity contribution in [2.45, 2.75) is 33.0 Å². The summed E-state index contributed by atoms with van der Waals surface area (Å²) in [6, 6.07) is 10.6. The van der Waals surface area contributed by atoms with Gasteiger partial charge in [-0.05, 0) is 31.4 Å². The molecule has 2 aromatic rings. The zero-order valence-electron chi connectivity index (χ0n) is 14.2. The van der Waals surface area contributed by atoms with Gasteiger partial charge in [-0.2, -0.15) is 0 Å². The van der Waals surface area contributed by atoms with Crippen LogP contribution in [-0.2, 0) is 6.54 Å². The van der Waals surface area contributed by atoms with E-state index in [1.807, 2.05) is 6.07 Å². The highest BCUT2D eigenvalue weighted by molar-refractivity contribution is 5.67. The Labute approximate surface area is 143 Å². The van der Waals surface area contributed by atoms with Crippen LogP contribution in [0.2, 0.25) is 0 Å². The average molecular weight is 324 g/mol. The van der Waals surface area contributed by atoms with Gasteiger partial charge in [0.25, 0.3) is 0 Å². The van der Waals surface area contributed by atoms with Gasteiger partial charge in [-0.1, -0.05) is 35.9 Å². The van der Waals surface area contributed by atoms with Gasteiger partial charge in [0.2, 0.25) is 0 Å². The number of anilines is 1. The molecule has 0 aliphatic carbocycles. The fourth-order valence-electron chi connectivity index (χ4n) is 2.96. The Morgan fingerprint density at radius 2 is 2.00 bits per heavy atom. The van der Waals surface area contributed by atoms with Crippen molar-refractivity contribution >= 4 is 11.4 Å². The van der Waals surface area contributed by atoms with E-state index in [2.05, 4.69) is 51.4 Å². The molecule has 2 N–H and O–H groups in total. The predicted octanol–water partition coefficient (Wildman–Crippen LogP) is 2.91. The number of nitrogens with zero attached hydrogens (tertiary/aromatic N) is 3. The van der Waals surface area contributed by atoms with Gasteiger partial charge >= 0.3 is 0 Å². The number of hydrogen-bond acceptors (Lipinski definition) is 5. The van der Waals surface area contributed by atoms with E-state index in [0.717, 1.165) is 31.7 Å². The first-order valence-electron chi connectivity index (χ1n) is 8.34. The first-order valence-corrected chi connectivity index (χ1v) is 8.34. The number of benzene rings is 1. The number of aromatic nitrogens is 2.